The Morgan fingerprint density at radius 1 is 1.23 bits per heavy atom. The normalized spacial score (nSPS) is 23.9. The van der Waals surface area contributed by atoms with E-state index in [0.717, 1.165) is 12.8 Å². The Labute approximate surface area is 171 Å². The van der Waals surface area contributed by atoms with Crippen LogP contribution >= 0.6 is 0 Å². The number of imidazole rings is 1. The van der Waals surface area contributed by atoms with Gasteiger partial charge in [0, 0.05) is 6.42 Å². The molecule has 0 radical (unpaired) electrons. The maximum atomic E-state index is 12.2. The van der Waals surface area contributed by atoms with Crippen molar-refractivity contribution in [3.8, 4) is 0 Å². The van der Waals surface area contributed by atoms with Gasteiger partial charge >= 0.3 is 0 Å². The van der Waals surface area contributed by atoms with E-state index in [4.69, 9.17) is 16.2 Å². The third kappa shape index (κ3) is 4.44. The highest BCUT2D eigenvalue weighted by Crippen LogP contribution is 2.32. The van der Waals surface area contributed by atoms with Crippen LogP contribution in [0.2, 0.25) is 0 Å². The van der Waals surface area contributed by atoms with E-state index in [9.17, 15) is 24.9 Å². The van der Waals surface area contributed by atoms with Gasteiger partial charge in [-0.05, 0) is 19.4 Å². The summed E-state index contributed by atoms with van der Waals surface area (Å²) in [6.45, 7) is -0.0228. The van der Waals surface area contributed by atoms with Crippen molar-refractivity contribution in [3.63, 3.8) is 0 Å². The van der Waals surface area contributed by atoms with Gasteiger partial charge in [0.25, 0.3) is 5.56 Å². The van der Waals surface area contributed by atoms with Crippen molar-refractivity contribution < 1.29 is 24.9 Å². The molecule has 4 atom stereocenters. The number of nitrogens with zero attached hydrogens (tertiary/aromatic N) is 3. The number of aromatic amines is 1. The lowest BCUT2D eigenvalue weighted by molar-refractivity contribution is -0.121. The molecule has 13 heteroatoms. The van der Waals surface area contributed by atoms with Crippen LogP contribution in [-0.4, -0.2) is 72.2 Å². The minimum Gasteiger partial charge on any atom is -0.394 e. The number of rotatable bonds is 9. The van der Waals surface area contributed by atoms with Gasteiger partial charge in [0.2, 0.25) is 11.9 Å². The molecule has 0 unspecified atom stereocenters. The summed E-state index contributed by atoms with van der Waals surface area (Å²) in [5.41, 5.74) is 10.4. The van der Waals surface area contributed by atoms with Crippen molar-refractivity contribution >= 4 is 23.0 Å². The highest BCUT2D eigenvalue weighted by Gasteiger charge is 2.45. The van der Waals surface area contributed by atoms with E-state index in [1.807, 2.05) is 0 Å². The molecule has 30 heavy (non-hydrogen) atoms. The molecule has 0 bridgehead atoms. The molecule has 2 aromatic rings. The first kappa shape index (κ1) is 22.1. The number of hydrogen-bond donors (Lipinski definition) is 7. The summed E-state index contributed by atoms with van der Waals surface area (Å²) in [5, 5.41) is 32.6. The fourth-order valence-electron chi connectivity index (χ4n) is 3.40. The van der Waals surface area contributed by atoms with Crippen LogP contribution in [0.5, 0.6) is 0 Å². The van der Waals surface area contributed by atoms with Crippen LogP contribution in [0.4, 0.5) is 5.95 Å². The Hall–Kier alpha value is -2.58. The van der Waals surface area contributed by atoms with Gasteiger partial charge < -0.3 is 36.8 Å². The van der Waals surface area contributed by atoms with Gasteiger partial charge in [-0.2, -0.15) is 4.98 Å². The molecule has 0 aromatic carbocycles. The zero-order valence-electron chi connectivity index (χ0n) is 16.3. The topological polar surface area (TPSA) is 215 Å². The Morgan fingerprint density at radius 2 is 2.00 bits per heavy atom. The van der Waals surface area contributed by atoms with E-state index < -0.39 is 36.7 Å². The first-order chi connectivity index (χ1) is 14.4. The van der Waals surface area contributed by atoms with Gasteiger partial charge in [0.05, 0.1) is 13.2 Å². The molecule has 9 N–H and O–H groups in total. The SMILES string of the molecule is NCCCCCC(=O)NCc1nc2c(=O)[nH]c(N)nc2n1[C@@H]1O[C@H](CO)[C@@H](O)[C@H]1O. The highest BCUT2D eigenvalue weighted by atomic mass is 16.6. The van der Waals surface area contributed by atoms with Crippen molar-refractivity contribution in [2.24, 2.45) is 5.73 Å². The number of carbonyl (C=O) groups excluding carboxylic acids is 1. The lowest BCUT2D eigenvalue weighted by atomic mass is 10.1. The third-order valence-corrected chi connectivity index (χ3v) is 4.97. The number of hydrogen-bond acceptors (Lipinski definition) is 10. The molecule has 0 aliphatic carbocycles. The summed E-state index contributed by atoms with van der Waals surface area (Å²) in [5.74, 6) is -0.206. The Balaban J connectivity index is 1.88. The standard InChI is InChI=1S/C17H27N7O6/c18-5-3-1-2-4-10(26)20-6-9-21-11-14(22-17(19)23-15(11)29)24(9)16-13(28)12(27)8(7-25)30-16/h8,12-13,16,25,27-28H,1-7,18H2,(H,20,26)(H3,19,22,23,29)/t8-,12-,13-,16-/m1/s1. The van der Waals surface area contributed by atoms with Crippen LogP contribution in [0.3, 0.4) is 0 Å². The minimum absolute atomic E-state index is 0.0262. The number of aliphatic hydroxyl groups is 3. The number of anilines is 1. The van der Waals surface area contributed by atoms with Crippen LogP contribution in [0.15, 0.2) is 4.79 Å². The molecule has 3 heterocycles. The lowest BCUT2D eigenvalue weighted by Gasteiger charge is -2.19. The van der Waals surface area contributed by atoms with Gasteiger partial charge in [-0.1, -0.05) is 6.42 Å². The molecule has 1 aliphatic rings. The number of nitrogens with one attached hydrogen (secondary N) is 2. The van der Waals surface area contributed by atoms with Crippen LogP contribution in [-0.2, 0) is 16.1 Å². The van der Waals surface area contributed by atoms with E-state index >= 15 is 0 Å². The molecule has 2 aromatic heterocycles. The number of nitrogen functional groups attached to an aromatic ring is 1. The number of nitrogens with two attached hydrogens (primary N) is 2. The summed E-state index contributed by atoms with van der Waals surface area (Å²) in [4.78, 5) is 35.0. The molecule has 0 saturated carbocycles. The van der Waals surface area contributed by atoms with Gasteiger partial charge in [-0.25, -0.2) is 4.98 Å². The Kier molecular flexibility index (Phi) is 6.99. The number of carbonyl (C=O) groups is 1. The molecule has 166 valence electrons. The third-order valence-electron chi connectivity index (χ3n) is 4.97. The number of aliphatic hydroxyl groups excluding tert-OH is 3. The number of amides is 1. The van der Waals surface area contributed by atoms with Crippen LogP contribution in [0.25, 0.3) is 11.2 Å². The lowest BCUT2D eigenvalue weighted by Crippen LogP contribution is -2.33. The number of unbranched alkanes of at least 4 members (excludes halogenated alkanes) is 2. The molecule has 3 rings (SSSR count). The molecule has 1 amide bonds. The molecule has 1 aliphatic heterocycles. The van der Waals surface area contributed by atoms with Gasteiger partial charge in [0.1, 0.15) is 24.1 Å². The fraction of sp³-hybridized carbons (Fsp3) is 0.647. The van der Waals surface area contributed by atoms with Crippen molar-refractivity contribution in [3.05, 3.63) is 16.2 Å². The van der Waals surface area contributed by atoms with Crippen molar-refractivity contribution in [2.45, 2.75) is 56.8 Å². The van der Waals surface area contributed by atoms with Gasteiger partial charge in [-0.15, -0.1) is 0 Å². The summed E-state index contributed by atoms with van der Waals surface area (Å²) in [6, 6.07) is 0. The Bertz CT molecular complexity index is 945. The second kappa shape index (κ2) is 9.49. The van der Waals surface area contributed by atoms with E-state index in [2.05, 4.69) is 20.3 Å². The van der Waals surface area contributed by atoms with Crippen LogP contribution in [0.1, 0.15) is 37.7 Å². The number of fused-ring (bicyclic) bond motifs is 1. The van der Waals surface area contributed by atoms with E-state index in [0.29, 0.717) is 19.4 Å². The average Bonchev–Trinajstić information content (AvgIpc) is 3.21. The molecule has 1 saturated heterocycles. The zero-order chi connectivity index (χ0) is 21.8. The summed E-state index contributed by atoms with van der Waals surface area (Å²) in [7, 11) is 0. The average molecular weight is 425 g/mol. The summed E-state index contributed by atoms with van der Waals surface area (Å²) in [6.07, 6.45) is -2.34. The van der Waals surface area contributed by atoms with Crippen LogP contribution < -0.4 is 22.3 Å². The number of H-pyrrole nitrogens is 1. The molecule has 1 fully saturated rings. The molecule has 0 spiro atoms. The van der Waals surface area contributed by atoms with E-state index in [-0.39, 0.29) is 35.4 Å². The highest BCUT2D eigenvalue weighted by molar-refractivity contribution is 5.76. The summed E-state index contributed by atoms with van der Waals surface area (Å²) < 4.78 is 6.87. The number of aromatic nitrogens is 4. The van der Waals surface area contributed by atoms with Gasteiger partial charge in [-0.3, -0.25) is 19.1 Å². The molecule has 13 nitrogen and oxygen atoms in total. The zero-order valence-corrected chi connectivity index (χ0v) is 16.3. The second-order valence-corrected chi connectivity index (χ2v) is 7.13. The van der Waals surface area contributed by atoms with Gasteiger partial charge in [0.15, 0.2) is 17.4 Å². The Morgan fingerprint density at radius 3 is 2.67 bits per heavy atom. The van der Waals surface area contributed by atoms with Crippen LogP contribution in [0, 0.1) is 0 Å². The smallest absolute Gasteiger partial charge is 0.280 e. The number of ether oxygens (including phenoxy) is 1. The van der Waals surface area contributed by atoms with E-state index in [1.54, 1.807) is 0 Å². The largest absolute Gasteiger partial charge is 0.394 e. The molecular formula is C17H27N7O6. The van der Waals surface area contributed by atoms with Crippen molar-refractivity contribution in [1.82, 2.24) is 24.8 Å². The van der Waals surface area contributed by atoms with Crippen molar-refractivity contribution in [1.29, 1.82) is 0 Å². The fourth-order valence-corrected chi connectivity index (χ4v) is 3.40. The predicted molar refractivity (Wildman–Crippen MR) is 105 cm³/mol. The van der Waals surface area contributed by atoms with Crippen molar-refractivity contribution in [2.75, 3.05) is 18.9 Å². The summed E-state index contributed by atoms with van der Waals surface area (Å²) >= 11 is 0. The first-order valence-electron chi connectivity index (χ1n) is 9.73. The maximum Gasteiger partial charge on any atom is 0.280 e. The minimum atomic E-state index is -1.42. The first-order valence-corrected chi connectivity index (χ1v) is 9.73. The second-order valence-electron chi connectivity index (χ2n) is 7.13. The monoisotopic (exact) mass is 425 g/mol. The molecular weight excluding hydrogens is 398 g/mol. The quantitative estimate of drug-likeness (QED) is 0.209. The predicted octanol–water partition coefficient (Wildman–Crippen LogP) is -2.55. The maximum absolute atomic E-state index is 12.2. The van der Waals surface area contributed by atoms with E-state index in [1.165, 1.54) is 4.57 Å².